The van der Waals surface area contributed by atoms with Crippen LogP contribution in [0.1, 0.15) is 30.9 Å². The van der Waals surface area contributed by atoms with Crippen LogP contribution in [0.15, 0.2) is 65.7 Å². The normalized spacial score (nSPS) is 11.6. The second kappa shape index (κ2) is 6.02. The van der Waals surface area contributed by atoms with Crippen molar-refractivity contribution in [3.05, 3.63) is 71.8 Å². The highest BCUT2D eigenvalue weighted by Gasteiger charge is 2.06. The Morgan fingerprint density at radius 3 is 2.45 bits per heavy atom. The summed E-state index contributed by atoms with van der Waals surface area (Å²) in [5, 5.41) is 12.3. The zero-order chi connectivity index (χ0) is 15.5. The smallest absolute Gasteiger partial charge is 0.132 e. The molecule has 0 aromatic heterocycles. The summed E-state index contributed by atoms with van der Waals surface area (Å²) in [6.45, 7) is 4.31. The number of aliphatic imine (C=N–C) groups is 1. The van der Waals surface area contributed by atoms with Crippen molar-refractivity contribution in [3.63, 3.8) is 0 Å². The third-order valence-electron chi connectivity index (χ3n) is 3.83. The Labute approximate surface area is 130 Å². The maximum atomic E-state index is 10.4. The Balaban J connectivity index is 2.02. The summed E-state index contributed by atoms with van der Waals surface area (Å²) in [6.07, 6.45) is 1.74. The van der Waals surface area contributed by atoms with Gasteiger partial charge in [-0.1, -0.05) is 62.4 Å². The Morgan fingerprint density at radius 1 is 0.909 bits per heavy atom. The van der Waals surface area contributed by atoms with Crippen molar-refractivity contribution in [3.8, 4) is 5.75 Å². The van der Waals surface area contributed by atoms with E-state index < -0.39 is 0 Å². The number of fused-ring (bicyclic) bond motifs is 1. The molecule has 0 heterocycles. The van der Waals surface area contributed by atoms with Gasteiger partial charge in [0.1, 0.15) is 5.75 Å². The molecule has 0 atom stereocenters. The third-order valence-corrected chi connectivity index (χ3v) is 3.83. The van der Waals surface area contributed by atoms with Crippen LogP contribution >= 0.6 is 0 Å². The molecular weight excluding hydrogens is 270 g/mol. The van der Waals surface area contributed by atoms with Crippen LogP contribution in [0.4, 0.5) is 5.69 Å². The summed E-state index contributed by atoms with van der Waals surface area (Å²) in [5.41, 5.74) is 2.89. The maximum absolute atomic E-state index is 10.4. The van der Waals surface area contributed by atoms with Gasteiger partial charge in [0.15, 0.2) is 0 Å². The van der Waals surface area contributed by atoms with E-state index in [1.165, 1.54) is 5.56 Å². The van der Waals surface area contributed by atoms with Crippen molar-refractivity contribution in [2.45, 2.75) is 19.8 Å². The summed E-state index contributed by atoms with van der Waals surface area (Å²) >= 11 is 0. The first kappa shape index (κ1) is 14.3. The van der Waals surface area contributed by atoms with E-state index in [0.717, 1.165) is 22.0 Å². The zero-order valence-electron chi connectivity index (χ0n) is 12.8. The lowest BCUT2D eigenvalue weighted by atomic mass is 10.0. The lowest BCUT2D eigenvalue weighted by Gasteiger charge is -2.09. The number of nitrogens with zero attached hydrogens (tertiary/aromatic N) is 1. The van der Waals surface area contributed by atoms with E-state index >= 15 is 0 Å². The standard InChI is InChI=1S/C20H19NO/c1-14(2)17-8-5-6-10-19(17)21-13-16-12-11-15-7-3-4-9-18(15)20(16)22/h3-14,22H,1-2H3. The van der Waals surface area contributed by atoms with Crippen LogP contribution < -0.4 is 0 Å². The van der Waals surface area contributed by atoms with Crippen LogP contribution in [-0.4, -0.2) is 11.3 Å². The minimum atomic E-state index is 0.281. The number of hydrogen-bond donors (Lipinski definition) is 1. The summed E-state index contributed by atoms with van der Waals surface area (Å²) in [6, 6.07) is 19.8. The topological polar surface area (TPSA) is 32.6 Å². The average molecular weight is 289 g/mol. The highest BCUT2D eigenvalue weighted by atomic mass is 16.3. The van der Waals surface area contributed by atoms with Crippen molar-refractivity contribution < 1.29 is 5.11 Å². The molecule has 0 amide bonds. The predicted molar refractivity (Wildman–Crippen MR) is 93.4 cm³/mol. The first-order chi connectivity index (χ1) is 10.7. The first-order valence-corrected chi connectivity index (χ1v) is 7.50. The van der Waals surface area contributed by atoms with Crippen LogP contribution in [0, 0.1) is 0 Å². The van der Waals surface area contributed by atoms with Crippen molar-refractivity contribution >= 4 is 22.7 Å². The highest BCUT2D eigenvalue weighted by Crippen LogP contribution is 2.29. The Bertz CT molecular complexity index is 834. The second-order valence-corrected chi connectivity index (χ2v) is 5.70. The van der Waals surface area contributed by atoms with Crippen molar-refractivity contribution in [1.82, 2.24) is 0 Å². The van der Waals surface area contributed by atoms with Crippen LogP contribution in [0.5, 0.6) is 5.75 Å². The summed E-state index contributed by atoms with van der Waals surface area (Å²) in [4.78, 5) is 4.58. The number of rotatable bonds is 3. The van der Waals surface area contributed by atoms with Gasteiger partial charge in [0.05, 0.1) is 5.69 Å². The van der Waals surface area contributed by atoms with E-state index in [-0.39, 0.29) is 5.75 Å². The number of benzene rings is 3. The first-order valence-electron chi connectivity index (χ1n) is 7.50. The highest BCUT2D eigenvalue weighted by molar-refractivity contribution is 5.97. The molecule has 0 saturated heterocycles. The van der Waals surface area contributed by atoms with Crippen molar-refractivity contribution in [1.29, 1.82) is 0 Å². The fourth-order valence-electron chi connectivity index (χ4n) is 2.61. The van der Waals surface area contributed by atoms with E-state index in [1.807, 2.05) is 54.6 Å². The minimum absolute atomic E-state index is 0.281. The van der Waals surface area contributed by atoms with Crippen LogP contribution in [0.25, 0.3) is 10.8 Å². The molecule has 2 heteroatoms. The molecule has 0 fully saturated rings. The molecule has 0 saturated carbocycles. The van der Waals surface area contributed by atoms with Gasteiger partial charge >= 0.3 is 0 Å². The van der Waals surface area contributed by atoms with Gasteiger partial charge < -0.3 is 5.11 Å². The number of para-hydroxylation sites is 1. The average Bonchev–Trinajstić information content (AvgIpc) is 2.55. The van der Waals surface area contributed by atoms with Crippen LogP contribution in [0.3, 0.4) is 0 Å². The molecule has 0 spiro atoms. The van der Waals surface area contributed by atoms with Gasteiger partial charge in [-0.05, 0) is 29.0 Å². The SMILES string of the molecule is CC(C)c1ccccc1N=Cc1ccc2ccccc2c1O. The van der Waals surface area contributed by atoms with Crippen LogP contribution in [-0.2, 0) is 0 Å². The summed E-state index contributed by atoms with van der Waals surface area (Å²) in [5.74, 6) is 0.697. The Kier molecular flexibility index (Phi) is 3.92. The zero-order valence-corrected chi connectivity index (χ0v) is 12.8. The molecular formula is C20H19NO. The molecule has 0 bridgehead atoms. The van der Waals surface area contributed by atoms with Gasteiger partial charge in [-0.3, -0.25) is 4.99 Å². The van der Waals surface area contributed by atoms with E-state index in [2.05, 4.69) is 24.9 Å². The molecule has 22 heavy (non-hydrogen) atoms. The fraction of sp³-hybridized carbons (Fsp3) is 0.150. The third kappa shape index (κ3) is 2.73. The fourth-order valence-corrected chi connectivity index (χ4v) is 2.61. The van der Waals surface area contributed by atoms with Crippen molar-refractivity contribution in [2.24, 2.45) is 4.99 Å². The minimum Gasteiger partial charge on any atom is -0.507 e. The molecule has 0 aliphatic heterocycles. The Morgan fingerprint density at radius 2 is 1.64 bits per heavy atom. The lowest BCUT2D eigenvalue weighted by Crippen LogP contribution is -1.89. The van der Waals surface area contributed by atoms with E-state index in [4.69, 9.17) is 0 Å². The quantitative estimate of drug-likeness (QED) is 0.642. The molecule has 0 unspecified atom stereocenters. The summed E-state index contributed by atoms with van der Waals surface area (Å²) < 4.78 is 0. The number of aromatic hydroxyl groups is 1. The van der Waals surface area contributed by atoms with E-state index in [1.54, 1.807) is 6.21 Å². The molecule has 3 rings (SSSR count). The van der Waals surface area contributed by atoms with Crippen LogP contribution in [0.2, 0.25) is 0 Å². The molecule has 2 nitrogen and oxygen atoms in total. The van der Waals surface area contributed by atoms with E-state index in [0.29, 0.717) is 5.92 Å². The predicted octanol–water partition coefficient (Wildman–Crippen LogP) is 5.42. The molecule has 3 aromatic carbocycles. The van der Waals surface area contributed by atoms with Crippen molar-refractivity contribution in [2.75, 3.05) is 0 Å². The summed E-state index contributed by atoms with van der Waals surface area (Å²) in [7, 11) is 0. The van der Waals surface area contributed by atoms with E-state index in [9.17, 15) is 5.11 Å². The van der Waals surface area contributed by atoms with Gasteiger partial charge in [-0.2, -0.15) is 0 Å². The largest absolute Gasteiger partial charge is 0.507 e. The molecule has 0 aliphatic carbocycles. The monoisotopic (exact) mass is 289 g/mol. The molecule has 0 radical (unpaired) electrons. The van der Waals surface area contributed by atoms with Gasteiger partial charge in [-0.15, -0.1) is 0 Å². The van der Waals surface area contributed by atoms with Gasteiger partial charge in [-0.25, -0.2) is 0 Å². The molecule has 1 N–H and O–H groups in total. The van der Waals surface area contributed by atoms with Gasteiger partial charge in [0.2, 0.25) is 0 Å². The maximum Gasteiger partial charge on any atom is 0.132 e. The number of phenolic OH excluding ortho intramolecular Hbond substituents is 1. The van der Waals surface area contributed by atoms with Gasteiger partial charge in [0, 0.05) is 17.2 Å². The second-order valence-electron chi connectivity index (χ2n) is 5.70. The molecule has 110 valence electrons. The number of phenols is 1. The number of hydrogen-bond acceptors (Lipinski definition) is 2. The van der Waals surface area contributed by atoms with Gasteiger partial charge in [0.25, 0.3) is 0 Å². The lowest BCUT2D eigenvalue weighted by molar-refractivity contribution is 0.481. The molecule has 3 aromatic rings. The molecule has 0 aliphatic rings. The Hall–Kier alpha value is -2.61.